The zero-order chi connectivity index (χ0) is 18.7. The zero-order valence-electron chi connectivity index (χ0n) is 13.9. The molecule has 1 N–H and O–H groups in total. The Morgan fingerprint density at radius 2 is 1.96 bits per heavy atom. The number of carbonyl (C=O) groups is 1. The van der Waals surface area contributed by atoms with Gasteiger partial charge in [0.25, 0.3) is 11.6 Å². The van der Waals surface area contributed by atoms with Crippen molar-refractivity contribution in [3.05, 3.63) is 58.1 Å². The molecule has 0 bridgehead atoms. The van der Waals surface area contributed by atoms with Crippen LogP contribution in [0.15, 0.2) is 42.5 Å². The van der Waals surface area contributed by atoms with Crippen LogP contribution in [-0.4, -0.2) is 38.1 Å². The number of methoxy groups -OCH3 is 1. The molecule has 3 aromatic rings. The van der Waals surface area contributed by atoms with Gasteiger partial charge in [-0.05, 0) is 46.8 Å². The van der Waals surface area contributed by atoms with Gasteiger partial charge < -0.3 is 10.1 Å². The van der Waals surface area contributed by atoms with Gasteiger partial charge in [-0.1, -0.05) is 0 Å². The van der Waals surface area contributed by atoms with E-state index < -0.39 is 10.8 Å². The molecule has 10 nitrogen and oxygen atoms in total. The van der Waals surface area contributed by atoms with Gasteiger partial charge in [0, 0.05) is 24.4 Å². The van der Waals surface area contributed by atoms with Gasteiger partial charge in [-0.25, -0.2) is 4.68 Å². The third kappa shape index (κ3) is 3.34. The van der Waals surface area contributed by atoms with E-state index in [1.165, 1.54) is 30.0 Å². The highest BCUT2D eigenvalue weighted by Crippen LogP contribution is 2.25. The number of nitro groups is 1. The lowest BCUT2D eigenvalue weighted by Crippen LogP contribution is -2.14. The molecule has 0 spiro atoms. The summed E-state index contributed by atoms with van der Waals surface area (Å²) >= 11 is 0. The second-order valence-electron chi connectivity index (χ2n) is 5.30. The Kier molecular flexibility index (Phi) is 4.56. The molecule has 1 aromatic heterocycles. The molecule has 2 aromatic carbocycles. The number of nitro benzene ring substituents is 1. The van der Waals surface area contributed by atoms with Crippen LogP contribution in [-0.2, 0) is 7.05 Å². The monoisotopic (exact) mass is 354 g/mol. The summed E-state index contributed by atoms with van der Waals surface area (Å²) in [6.45, 7) is 0. The Balaban J connectivity index is 1.84. The predicted molar refractivity (Wildman–Crippen MR) is 91.8 cm³/mol. The van der Waals surface area contributed by atoms with Gasteiger partial charge in [0.1, 0.15) is 11.3 Å². The van der Waals surface area contributed by atoms with Crippen molar-refractivity contribution in [2.24, 2.45) is 7.05 Å². The molecule has 1 heterocycles. The molecule has 0 saturated carbocycles. The average Bonchev–Trinajstić information content (AvgIpc) is 3.07. The van der Waals surface area contributed by atoms with Crippen LogP contribution < -0.4 is 10.1 Å². The number of anilines is 1. The number of hydrogen-bond acceptors (Lipinski definition) is 7. The number of rotatable bonds is 5. The van der Waals surface area contributed by atoms with Crippen molar-refractivity contribution in [1.29, 1.82) is 0 Å². The first kappa shape index (κ1) is 17.0. The van der Waals surface area contributed by atoms with E-state index in [1.807, 2.05) is 0 Å². The SMILES string of the molecule is COc1ccc([N+](=O)[O-])c(C(=O)Nc2ccc(-c3nnnn3C)cc2)c1. The normalized spacial score (nSPS) is 10.4. The lowest BCUT2D eigenvalue weighted by atomic mass is 10.1. The third-order valence-electron chi connectivity index (χ3n) is 3.67. The van der Waals surface area contributed by atoms with Crippen LogP contribution in [0.25, 0.3) is 11.4 Å². The van der Waals surface area contributed by atoms with E-state index >= 15 is 0 Å². The van der Waals surface area contributed by atoms with Gasteiger partial charge in [-0.2, -0.15) is 0 Å². The van der Waals surface area contributed by atoms with E-state index in [9.17, 15) is 14.9 Å². The van der Waals surface area contributed by atoms with Gasteiger partial charge in [-0.3, -0.25) is 14.9 Å². The first-order chi connectivity index (χ1) is 12.5. The van der Waals surface area contributed by atoms with Crippen molar-refractivity contribution in [3.63, 3.8) is 0 Å². The summed E-state index contributed by atoms with van der Waals surface area (Å²) < 4.78 is 6.56. The van der Waals surface area contributed by atoms with E-state index in [2.05, 4.69) is 20.8 Å². The van der Waals surface area contributed by atoms with Crippen LogP contribution in [0.5, 0.6) is 5.75 Å². The topological polar surface area (TPSA) is 125 Å². The zero-order valence-corrected chi connectivity index (χ0v) is 13.9. The summed E-state index contributed by atoms with van der Waals surface area (Å²) in [4.78, 5) is 23.0. The quantitative estimate of drug-likeness (QED) is 0.549. The Bertz CT molecular complexity index is 967. The predicted octanol–water partition coefficient (Wildman–Crippen LogP) is 2.05. The fourth-order valence-corrected chi connectivity index (χ4v) is 2.36. The molecule has 1 amide bonds. The maximum Gasteiger partial charge on any atom is 0.282 e. The van der Waals surface area contributed by atoms with Crippen molar-refractivity contribution in [2.75, 3.05) is 12.4 Å². The number of hydrogen-bond donors (Lipinski definition) is 1. The smallest absolute Gasteiger partial charge is 0.282 e. The van der Waals surface area contributed by atoms with E-state index in [0.717, 1.165) is 5.56 Å². The number of ether oxygens (including phenoxy) is 1. The molecule has 132 valence electrons. The minimum absolute atomic E-state index is 0.0871. The molecule has 3 rings (SSSR count). The Hall–Kier alpha value is -3.82. The van der Waals surface area contributed by atoms with Crippen molar-refractivity contribution < 1.29 is 14.5 Å². The first-order valence-electron chi connectivity index (χ1n) is 7.46. The summed E-state index contributed by atoms with van der Waals surface area (Å²) in [5.74, 6) is 0.320. The van der Waals surface area contributed by atoms with Crippen molar-refractivity contribution in [1.82, 2.24) is 20.2 Å². The fourth-order valence-electron chi connectivity index (χ4n) is 2.36. The molecule has 0 atom stereocenters. The van der Waals surface area contributed by atoms with Crippen LogP contribution in [0.1, 0.15) is 10.4 Å². The van der Waals surface area contributed by atoms with Crippen molar-refractivity contribution >= 4 is 17.3 Å². The molecule has 0 fully saturated rings. The van der Waals surface area contributed by atoms with Gasteiger partial charge in [0.05, 0.1) is 12.0 Å². The number of carbonyl (C=O) groups excluding carboxylic acids is 1. The molecule has 0 unspecified atom stereocenters. The minimum atomic E-state index is -0.613. The van der Waals surface area contributed by atoms with Crippen molar-refractivity contribution in [2.45, 2.75) is 0 Å². The number of nitrogens with zero attached hydrogens (tertiary/aromatic N) is 5. The molecule has 0 aliphatic heterocycles. The van der Waals surface area contributed by atoms with E-state index in [0.29, 0.717) is 17.3 Å². The second kappa shape index (κ2) is 6.97. The summed E-state index contributed by atoms with van der Waals surface area (Å²) in [5, 5.41) is 25.0. The highest BCUT2D eigenvalue weighted by atomic mass is 16.6. The minimum Gasteiger partial charge on any atom is -0.497 e. The Morgan fingerprint density at radius 1 is 1.23 bits per heavy atom. The summed E-state index contributed by atoms with van der Waals surface area (Å²) in [7, 11) is 3.13. The molecule has 0 aliphatic rings. The number of nitrogens with one attached hydrogen (secondary N) is 1. The van der Waals surface area contributed by atoms with E-state index in [-0.39, 0.29) is 11.3 Å². The van der Waals surface area contributed by atoms with Crippen molar-refractivity contribution in [3.8, 4) is 17.1 Å². The molecule has 0 radical (unpaired) electrons. The number of amides is 1. The second-order valence-corrected chi connectivity index (χ2v) is 5.30. The molecular weight excluding hydrogens is 340 g/mol. The van der Waals surface area contributed by atoms with E-state index in [1.54, 1.807) is 31.3 Å². The Labute approximate surface area is 147 Å². The summed E-state index contributed by atoms with van der Waals surface area (Å²) in [6.07, 6.45) is 0. The lowest BCUT2D eigenvalue weighted by Gasteiger charge is -2.08. The number of aryl methyl sites for hydroxylation is 1. The Morgan fingerprint density at radius 3 is 2.54 bits per heavy atom. The van der Waals surface area contributed by atoms with Crippen LogP contribution in [0.4, 0.5) is 11.4 Å². The molecule has 10 heteroatoms. The standard InChI is InChI=1S/C16H14N6O4/c1-21-15(18-19-20-21)10-3-5-11(6-4-10)17-16(23)13-9-12(26-2)7-8-14(13)22(24)25/h3-9H,1-2H3,(H,17,23). The average molecular weight is 354 g/mol. The van der Waals surface area contributed by atoms with Crippen LogP contribution >= 0.6 is 0 Å². The van der Waals surface area contributed by atoms with Gasteiger partial charge >= 0.3 is 0 Å². The first-order valence-corrected chi connectivity index (χ1v) is 7.46. The highest BCUT2D eigenvalue weighted by Gasteiger charge is 2.21. The number of tetrazole rings is 1. The number of benzene rings is 2. The lowest BCUT2D eigenvalue weighted by molar-refractivity contribution is -0.385. The van der Waals surface area contributed by atoms with Crippen LogP contribution in [0.2, 0.25) is 0 Å². The number of aromatic nitrogens is 4. The van der Waals surface area contributed by atoms with Gasteiger partial charge in [-0.15, -0.1) is 5.10 Å². The molecule has 0 saturated heterocycles. The molecular formula is C16H14N6O4. The summed E-state index contributed by atoms with van der Waals surface area (Å²) in [6, 6.07) is 10.8. The van der Waals surface area contributed by atoms with Crippen LogP contribution in [0.3, 0.4) is 0 Å². The molecule has 0 aliphatic carbocycles. The van der Waals surface area contributed by atoms with E-state index in [4.69, 9.17) is 4.74 Å². The van der Waals surface area contributed by atoms with Gasteiger partial charge in [0.15, 0.2) is 5.82 Å². The largest absolute Gasteiger partial charge is 0.497 e. The van der Waals surface area contributed by atoms with Crippen LogP contribution in [0, 0.1) is 10.1 Å². The fraction of sp³-hybridized carbons (Fsp3) is 0.125. The highest BCUT2D eigenvalue weighted by molar-refractivity contribution is 6.07. The maximum atomic E-state index is 12.5. The van der Waals surface area contributed by atoms with Gasteiger partial charge in [0.2, 0.25) is 0 Å². The maximum absolute atomic E-state index is 12.5. The molecule has 26 heavy (non-hydrogen) atoms. The summed E-state index contributed by atoms with van der Waals surface area (Å²) in [5.41, 5.74) is 0.856. The third-order valence-corrected chi connectivity index (χ3v) is 3.67.